The normalized spacial score (nSPS) is 15.2. The maximum Gasteiger partial charge on any atom is 0.438 e. The van der Waals surface area contributed by atoms with Crippen molar-refractivity contribution in [3.05, 3.63) is 28.8 Å². The maximum absolute atomic E-state index is 11.1. The standard InChI is InChI=1S/C7H12N2O2.C6H10N2O2/c1-5-8-6(10)9(11-5)7(2,3)4;1-6(2,3)4-7-5(9)10-8-4/h1H2,2-4H3,(H,8,10);1-3H3,(H,7,8,9). The van der Waals surface area contributed by atoms with Gasteiger partial charge in [-0.1, -0.05) is 25.9 Å². The molecule has 8 heteroatoms. The Hall–Kier alpha value is -2.25. The Bertz CT molecular complexity index is 574. The lowest BCUT2D eigenvalue weighted by Gasteiger charge is -2.27. The van der Waals surface area contributed by atoms with Gasteiger partial charge in [0.05, 0.1) is 5.54 Å². The van der Waals surface area contributed by atoms with E-state index in [0.29, 0.717) is 5.82 Å². The topological polar surface area (TPSA) is 100 Å². The van der Waals surface area contributed by atoms with Crippen molar-refractivity contribution in [2.75, 3.05) is 0 Å². The molecule has 2 amide bonds. The summed E-state index contributed by atoms with van der Waals surface area (Å²) in [5.74, 6) is 0.368. The molecule has 1 fully saturated rings. The van der Waals surface area contributed by atoms with Crippen molar-refractivity contribution >= 4 is 6.03 Å². The first-order valence-electron chi connectivity index (χ1n) is 6.46. The Morgan fingerprint density at radius 1 is 1.14 bits per heavy atom. The van der Waals surface area contributed by atoms with Crippen LogP contribution in [0, 0.1) is 0 Å². The molecule has 0 spiro atoms. The molecule has 21 heavy (non-hydrogen) atoms. The fraction of sp³-hybridized carbons (Fsp3) is 0.615. The van der Waals surface area contributed by atoms with Crippen molar-refractivity contribution in [3.63, 3.8) is 0 Å². The Kier molecular flexibility index (Phi) is 4.50. The minimum Gasteiger partial charge on any atom is -0.357 e. The predicted molar refractivity (Wildman–Crippen MR) is 76.2 cm³/mol. The molecule has 1 aliphatic rings. The Morgan fingerprint density at radius 3 is 1.90 bits per heavy atom. The number of rotatable bonds is 0. The molecule has 2 N–H and O–H groups in total. The van der Waals surface area contributed by atoms with E-state index in [0.717, 1.165) is 0 Å². The van der Waals surface area contributed by atoms with Crippen LogP contribution in [0.15, 0.2) is 21.8 Å². The molecule has 0 aromatic carbocycles. The highest BCUT2D eigenvalue weighted by molar-refractivity contribution is 5.77. The Labute approximate surface area is 123 Å². The summed E-state index contributed by atoms with van der Waals surface area (Å²) in [7, 11) is 0. The summed E-state index contributed by atoms with van der Waals surface area (Å²) < 4.78 is 4.33. The van der Waals surface area contributed by atoms with Crippen LogP contribution in [0.2, 0.25) is 0 Å². The van der Waals surface area contributed by atoms with Crippen LogP contribution in [-0.4, -0.2) is 26.8 Å². The monoisotopic (exact) mass is 298 g/mol. The van der Waals surface area contributed by atoms with Gasteiger partial charge in [0.15, 0.2) is 5.82 Å². The molecule has 1 aliphatic heterocycles. The van der Waals surface area contributed by atoms with Crippen LogP contribution >= 0.6 is 0 Å². The fourth-order valence-corrected chi connectivity index (χ4v) is 1.34. The van der Waals surface area contributed by atoms with E-state index in [2.05, 4.69) is 26.6 Å². The van der Waals surface area contributed by atoms with Crippen molar-refractivity contribution in [2.24, 2.45) is 0 Å². The molecule has 118 valence electrons. The van der Waals surface area contributed by atoms with Gasteiger partial charge in [0.25, 0.3) is 0 Å². The van der Waals surface area contributed by atoms with E-state index in [4.69, 9.17) is 4.84 Å². The van der Waals surface area contributed by atoms with Gasteiger partial charge in [0, 0.05) is 5.41 Å². The molecule has 0 atom stereocenters. The first-order valence-corrected chi connectivity index (χ1v) is 6.46. The zero-order valence-corrected chi connectivity index (χ0v) is 13.2. The molecule has 1 aromatic heterocycles. The number of nitrogens with zero attached hydrogens (tertiary/aromatic N) is 2. The van der Waals surface area contributed by atoms with E-state index >= 15 is 0 Å². The van der Waals surface area contributed by atoms with Gasteiger partial charge in [-0.3, -0.25) is 14.8 Å². The summed E-state index contributed by atoms with van der Waals surface area (Å²) in [5, 5.41) is 7.25. The zero-order chi connectivity index (χ0) is 16.4. The average molecular weight is 298 g/mol. The second-order valence-corrected chi connectivity index (χ2v) is 6.60. The Morgan fingerprint density at radius 2 is 1.71 bits per heavy atom. The molecule has 1 aromatic rings. The van der Waals surface area contributed by atoms with Gasteiger partial charge >= 0.3 is 11.8 Å². The molecular weight excluding hydrogens is 276 g/mol. The highest BCUT2D eigenvalue weighted by Gasteiger charge is 2.34. The molecule has 1 saturated heterocycles. The Balaban J connectivity index is 0.000000211. The second kappa shape index (κ2) is 5.63. The van der Waals surface area contributed by atoms with Crippen LogP contribution < -0.4 is 11.1 Å². The average Bonchev–Trinajstić information content (AvgIpc) is 2.84. The van der Waals surface area contributed by atoms with Crippen LogP contribution in [0.3, 0.4) is 0 Å². The highest BCUT2D eigenvalue weighted by atomic mass is 16.7. The van der Waals surface area contributed by atoms with E-state index in [1.54, 1.807) is 0 Å². The van der Waals surface area contributed by atoms with Crippen LogP contribution in [0.25, 0.3) is 0 Å². The van der Waals surface area contributed by atoms with Gasteiger partial charge in [0.1, 0.15) is 0 Å². The summed E-state index contributed by atoms with van der Waals surface area (Å²) in [4.78, 5) is 29.0. The maximum atomic E-state index is 11.1. The van der Waals surface area contributed by atoms with E-state index in [9.17, 15) is 9.59 Å². The van der Waals surface area contributed by atoms with Crippen molar-refractivity contribution in [2.45, 2.75) is 52.5 Å². The number of hydrogen-bond acceptors (Lipinski definition) is 5. The lowest BCUT2D eigenvalue weighted by Crippen LogP contribution is -2.42. The van der Waals surface area contributed by atoms with E-state index in [1.807, 2.05) is 41.5 Å². The number of H-pyrrole nitrogens is 1. The van der Waals surface area contributed by atoms with Gasteiger partial charge in [-0.05, 0) is 27.4 Å². The van der Waals surface area contributed by atoms with Crippen LogP contribution in [0.1, 0.15) is 47.4 Å². The van der Waals surface area contributed by atoms with Gasteiger partial charge in [-0.2, -0.15) is 0 Å². The number of carbonyl (C=O) groups is 1. The summed E-state index contributed by atoms with van der Waals surface area (Å²) in [6, 6.07) is -0.262. The quantitative estimate of drug-likeness (QED) is 0.761. The van der Waals surface area contributed by atoms with Crippen LogP contribution in [-0.2, 0) is 10.3 Å². The van der Waals surface area contributed by atoms with E-state index < -0.39 is 5.76 Å². The molecule has 2 heterocycles. The third-order valence-corrected chi connectivity index (χ3v) is 2.39. The van der Waals surface area contributed by atoms with Gasteiger partial charge in [0.2, 0.25) is 5.88 Å². The molecular formula is C13H22N4O4. The van der Waals surface area contributed by atoms with E-state index in [1.165, 1.54) is 5.06 Å². The summed E-state index contributed by atoms with van der Waals surface area (Å²) in [5.41, 5.74) is -0.477. The first-order chi connectivity index (χ1) is 9.41. The van der Waals surface area contributed by atoms with Gasteiger partial charge in [-0.25, -0.2) is 9.59 Å². The number of amides is 2. The molecule has 0 bridgehead atoms. The largest absolute Gasteiger partial charge is 0.438 e. The molecule has 0 saturated carbocycles. The highest BCUT2D eigenvalue weighted by Crippen LogP contribution is 2.19. The number of nitrogens with one attached hydrogen (secondary N) is 2. The van der Waals surface area contributed by atoms with E-state index in [-0.39, 0.29) is 22.9 Å². The van der Waals surface area contributed by atoms with Crippen molar-refractivity contribution in [3.8, 4) is 0 Å². The van der Waals surface area contributed by atoms with Crippen molar-refractivity contribution in [1.29, 1.82) is 0 Å². The van der Waals surface area contributed by atoms with Crippen LogP contribution in [0.5, 0.6) is 0 Å². The number of carbonyl (C=O) groups excluding carboxylic acids is 1. The second-order valence-electron chi connectivity index (χ2n) is 6.60. The number of urea groups is 1. The molecule has 2 rings (SSSR count). The lowest BCUT2D eigenvalue weighted by molar-refractivity contribution is -0.106. The van der Waals surface area contributed by atoms with Crippen LogP contribution in [0.4, 0.5) is 4.79 Å². The van der Waals surface area contributed by atoms with Gasteiger partial charge in [-0.15, -0.1) is 5.06 Å². The third-order valence-electron chi connectivity index (χ3n) is 2.39. The fourth-order valence-electron chi connectivity index (χ4n) is 1.34. The smallest absolute Gasteiger partial charge is 0.357 e. The minimum absolute atomic E-state index is 0.147. The number of aromatic amines is 1. The first kappa shape index (κ1) is 16.8. The molecule has 0 radical (unpaired) electrons. The van der Waals surface area contributed by atoms with Gasteiger partial charge < -0.3 is 4.84 Å². The summed E-state index contributed by atoms with van der Waals surface area (Å²) in [6.45, 7) is 14.9. The molecule has 0 unspecified atom stereocenters. The lowest BCUT2D eigenvalue weighted by atomic mass is 9.96. The third kappa shape index (κ3) is 4.66. The molecule has 8 nitrogen and oxygen atoms in total. The van der Waals surface area contributed by atoms with Crippen molar-refractivity contribution < 1.29 is 14.2 Å². The number of hydrogen-bond donors (Lipinski definition) is 2. The number of aromatic nitrogens is 2. The molecule has 0 aliphatic carbocycles. The minimum atomic E-state index is -0.495. The predicted octanol–water partition coefficient (Wildman–Crippen LogP) is 1.87. The SMILES string of the molecule is C=C1NC(=O)N(C(C)(C)C)O1.CC(C)(C)c1noc(=O)[nH]1. The summed E-state index contributed by atoms with van der Waals surface area (Å²) in [6.07, 6.45) is 0. The number of hydroxylamine groups is 2. The zero-order valence-electron chi connectivity index (χ0n) is 13.2. The summed E-state index contributed by atoms with van der Waals surface area (Å²) >= 11 is 0. The van der Waals surface area contributed by atoms with Crippen molar-refractivity contribution in [1.82, 2.24) is 20.5 Å².